The van der Waals surface area contributed by atoms with Gasteiger partial charge in [-0.1, -0.05) is 24.4 Å². The number of nitrogens with zero attached hydrogens (tertiary/aromatic N) is 1. The van der Waals surface area contributed by atoms with Gasteiger partial charge in [-0.15, -0.1) is 0 Å². The first-order valence-electron chi connectivity index (χ1n) is 5.82. The van der Waals surface area contributed by atoms with Crippen LogP contribution in [-0.4, -0.2) is 9.97 Å². The summed E-state index contributed by atoms with van der Waals surface area (Å²) < 4.78 is 38.7. The van der Waals surface area contributed by atoms with E-state index in [0.29, 0.717) is 16.0 Å². The molecular formula is C13H9F3N2S2. The highest BCUT2D eigenvalue weighted by atomic mass is 32.2. The zero-order chi connectivity index (χ0) is 14.3. The fraction of sp³-hybridized carbons (Fsp3) is 0.231. The van der Waals surface area contributed by atoms with E-state index in [0.717, 1.165) is 34.9 Å². The molecule has 1 aliphatic rings. The Balaban J connectivity index is 2.10. The molecule has 7 heteroatoms. The monoisotopic (exact) mass is 314 g/mol. The largest absolute Gasteiger partial charge is 0.416 e. The van der Waals surface area contributed by atoms with Crippen LogP contribution >= 0.6 is 24.0 Å². The van der Waals surface area contributed by atoms with Gasteiger partial charge >= 0.3 is 6.18 Å². The van der Waals surface area contributed by atoms with Gasteiger partial charge in [-0.2, -0.15) is 24.9 Å². The maximum Gasteiger partial charge on any atom is 0.416 e. The van der Waals surface area contributed by atoms with Gasteiger partial charge in [-0.25, -0.2) is 4.98 Å². The molecule has 0 saturated heterocycles. The number of thioether (sulfide) groups is 1. The third-order valence-corrected chi connectivity index (χ3v) is 4.38. The van der Waals surface area contributed by atoms with Crippen molar-refractivity contribution in [1.29, 1.82) is 0 Å². The van der Waals surface area contributed by atoms with Crippen molar-refractivity contribution in [2.24, 2.45) is 0 Å². The SMILES string of the molecule is FC(F)(F)c1cccc(-c2nc(=S)c3c([nH]2)CSC3)c1. The van der Waals surface area contributed by atoms with E-state index in [-0.39, 0.29) is 0 Å². The molecule has 0 amide bonds. The van der Waals surface area contributed by atoms with Crippen molar-refractivity contribution in [3.8, 4) is 11.4 Å². The number of aromatic nitrogens is 2. The minimum absolute atomic E-state index is 0.391. The summed E-state index contributed by atoms with van der Waals surface area (Å²) in [5, 5.41) is 0. The molecule has 0 unspecified atom stereocenters. The Morgan fingerprint density at radius 2 is 2.05 bits per heavy atom. The summed E-state index contributed by atoms with van der Waals surface area (Å²) in [7, 11) is 0. The smallest absolute Gasteiger partial charge is 0.342 e. The van der Waals surface area contributed by atoms with Crippen molar-refractivity contribution in [1.82, 2.24) is 9.97 Å². The molecule has 2 heterocycles. The van der Waals surface area contributed by atoms with Crippen LogP contribution in [0.4, 0.5) is 13.2 Å². The van der Waals surface area contributed by atoms with Crippen LogP contribution in [-0.2, 0) is 17.7 Å². The first-order valence-corrected chi connectivity index (χ1v) is 7.39. The van der Waals surface area contributed by atoms with Gasteiger partial charge in [-0.3, -0.25) is 0 Å². The molecule has 1 aromatic heterocycles. The number of hydrogen-bond acceptors (Lipinski definition) is 3. The molecule has 0 radical (unpaired) electrons. The molecule has 1 aromatic carbocycles. The van der Waals surface area contributed by atoms with Crippen LogP contribution in [0.3, 0.4) is 0 Å². The number of H-pyrrole nitrogens is 1. The third kappa shape index (κ3) is 2.47. The summed E-state index contributed by atoms with van der Waals surface area (Å²) in [4.78, 5) is 7.31. The summed E-state index contributed by atoms with van der Waals surface area (Å²) in [5.74, 6) is 1.98. The lowest BCUT2D eigenvalue weighted by Gasteiger charge is -2.09. The molecule has 0 saturated carbocycles. The van der Waals surface area contributed by atoms with E-state index < -0.39 is 11.7 Å². The first kappa shape index (κ1) is 13.6. The number of alkyl halides is 3. The maximum absolute atomic E-state index is 12.7. The average Bonchev–Trinajstić information content (AvgIpc) is 2.87. The van der Waals surface area contributed by atoms with Crippen molar-refractivity contribution in [2.75, 3.05) is 0 Å². The second-order valence-electron chi connectivity index (χ2n) is 4.42. The van der Waals surface area contributed by atoms with Crippen molar-refractivity contribution in [3.05, 3.63) is 45.7 Å². The van der Waals surface area contributed by atoms with E-state index in [1.54, 1.807) is 17.8 Å². The Hall–Kier alpha value is -1.34. The Bertz CT molecular complexity index is 722. The van der Waals surface area contributed by atoms with Crippen molar-refractivity contribution < 1.29 is 13.2 Å². The van der Waals surface area contributed by atoms with Crippen LogP contribution in [0, 0.1) is 4.64 Å². The van der Waals surface area contributed by atoms with Crippen LogP contribution in [0.2, 0.25) is 0 Å². The van der Waals surface area contributed by atoms with E-state index in [2.05, 4.69) is 9.97 Å². The van der Waals surface area contributed by atoms with E-state index >= 15 is 0 Å². The van der Waals surface area contributed by atoms with Gasteiger partial charge in [0.15, 0.2) is 0 Å². The molecular weight excluding hydrogens is 305 g/mol. The molecule has 2 nitrogen and oxygen atoms in total. The number of rotatable bonds is 1. The second-order valence-corrected chi connectivity index (χ2v) is 5.79. The highest BCUT2D eigenvalue weighted by Gasteiger charge is 2.30. The van der Waals surface area contributed by atoms with Crippen molar-refractivity contribution in [3.63, 3.8) is 0 Å². The number of benzene rings is 1. The predicted molar refractivity (Wildman–Crippen MR) is 74.9 cm³/mol. The Labute approximate surface area is 122 Å². The molecule has 104 valence electrons. The molecule has 20 heavy (non-hydrogen) atoms. The molecule has 0 bridgehead atoms. The van der Waals surface area contributed by atoms with Crippen molar-refractivity contribution >= 4 is 24.0 Å². The van der Waals surface area contributed by atoms with E-state index in [4.69, 9.17) is 12.2 Å². The van der Waals surface area contributed by atoms with Crippen LogP contribution in [0.5, 0.6) is 0 Å². The van der Waals surface area contributed by atoms with E-state index in [9.17, 15) is 13.2 Å². The lowest BCUT2D eigenvalue weighted by molar-refractivity contribution is -0.137. The predicted octanol–water partition coefficient (Wildman–Crippen LogP) is 4.57. The highest BCUT2D eigenvalue weighted by Crippen LogP contribution is 2.33. The molecule has 0 fully saturated rings. The van der Waals surface area contributed by atoms with Gasteiger partial charge in [-0.05, 0) is 12.1 Å². The Kier molecular flexibility index (Phi) is 3.33. The zero-order valence-corrected chi connectivity index (χ0v) is 11.8. The number of hydrogen-bond donors (Lipinski definition) is 1. The molecule has 0 spiro atoms. The molecule has 1 N–H and O–H groups in total. The Morgan fingerprint density at radius 1 is 1.25 bits per heavy atom. The summed E-state index contributed by atoms with van der Waals surface area (Å²) in [6.07, 6.45) is -4.36. The maximum atomic E-state index is 12.7. The average molecular weight is 314 g/mol. The minimum Gasteiger partial charge on any atom is -0.342 e. The van der Waals surface area contributed by atoms with Crippen LogP contribution in [0.25, 0.3) is 11.4 Å². The summed E-state index contributed by atoms with van der Waals surface area (Å²) in [6, 6.07) is 5.10. The summed E-state index contributed by atoms with van der Waals surface area (Å²) >= 11 is 6.92. The molecule has 1 aliphatic heterocycles. The molecule has 0 atom stereocenters. The van der Waals surface area contributed by atoms with Crippen LogP contribution in [0.15, 0.2) is 24.3 Å². The topological polar surface area (TPSA) is 28.7 Å². The normalized spacial score (nSPS) is 14.3. The minimum atomic E-state index is -4.36. The van der Waals surface area contributed by atoms with Gasteiger partial charge < -0.3 is 4.98 Å². The fourth-order valence-corrected chi connectivity index (χ4v) is 3.50. The van der Waals surface area contributed by atoms with Gasteiger partial charge in [0.2, 0.25) is 0 Å². The van der Waals surface area contributed by atoms with Gasteiger partial charge in [0, 0.05) is 28.3 Å². The number of nitrogens with one attached hydrogen (secondary N) is 1. The standard InChI is InChI=1S/C13H9F3N2S2/c14-13(15,16)8-3-1-2-7(4-8)11-17-10-6-20-5-9(10)12(19)18-11/h1-4H,5-6H2,(H,17,18,19). The number of halogens is 3. The summed E-state index contributed by atoms with van der Waals surface area (Å²) in [6.45, 7) is 0. The van der Waals surface area contributed by atoms with E-state index in [1.807, 2.05) is 0 Å². The highest BCUT2D eigenvalue weighted by molar-refractivity contribution is 7.98. The lowest BCUT2D eigenvalue weighted by atomic mass is 10.1. The first-order chi connectivity index (χ1) is 9.45. The van der Waals surface area contributed by atoms with E-state index in [1.165, 1.54) is 6.07 Å². The van der Waals surface area contributed by atoms with Gasteiger partial charge in [0.05, 0.1) is 5.56 Å². The second kappa shape index (κ2) is 4.89. The molecule has 3 rings (SSSR count). The molecule has 0 aliphatic carbocycles. The third-order valence-electron chi connectivity index (χ3n) is 3.06. The van der Waals surface area contributed by atoms with Gasteiger partial charge in [0.25, 0.3) is 0 Å². The van der Waals surface area contributed by atoms with Crippen LogP contribution < -0.4 is 0 Å². The Morgan fingerprint density at radius 3 is 2.80 bits per heavy atom. The quantitative estimate of drug-likeness (QED) is 0.782. The van der Waals surface area contributed by atoms with Gasteiger partial charge in [0.1, 0.15) is 10.5 Å². The van der Waals surface area contributed by atoms with Crippen molar-refractivity contribution in [2.45, 2.75) is 17.7 Å². The summed E-state index contributed by atoms with van der Waals surface area (Å²) in [5.41, 5.74) is 1.65. The van der Waals surface area contributed by atoms with Crippen LogP contribution in [0.1, 0.15) is 16.8 Å². The number of aromatic amines is 1. The lowest BCUT2D eigenvalue weighted by Crippen LogP contribution is -2.05. The fourth-order valence-electron chi connectivity index (χ4n) is 2.05. The number of fused-ring (bicyclic) bond motifs is 1. The zero-order valence-electron chi connectivity index (χ0n) is 10.1. The molecule has 2 aromatic rings.